The van der Waals surface area contributed by atoms with Crippen molar-refractivity contribution in [3.63, 3.8) is 0 Å². The van der Waals surface area contributed by atoms with Crippen molar-refractivity contribution >= 4 is 17.7 Å². The van der Waals surface area contributed by atoms with Crippen LogP contribution in [0.3, 0.4) is 0 Å². The Morgan fingerprint density at radius 3 is 2.65 bits per heavy atom. The van der Waals surface area contributed by atoms with Gasteiger partial charge in [0.15, 0.2) is 0 Å². The normalized spacial score (nSPS) is 12.2. The summed E-state index contributed by atoms with van der Waals surface area (Å²) in [6, 6.07) is 8.26. The van der Waals surface area contributed by atoms with Gasteiger partial charge in [0.05, 0.1) is 6.10 Å². The van der Waals surface area contributed by atoms with E-state index in [2.05, 4.69) is 36.5 Å². The Bertz CT molecular complexity index is 349. The lowest BCUT2D eigenvalue weighted by Gasteiger charge is -2.06. The summed E-state index contributed by atoms with van der Waals surface area (Å²) < 4.78 is 0. The second-order valence-electron chi connectivity index (χ2n) is 4.06. The van der Waals surface area contributed by atoms with Crippen LogP contribution in [0.4, 0.5) is 0 Å². The lowest BCUT2D eigenvalue weighted by Crippen LogP contribution is -2.30. The molecule has 17 heavy (non-hydrogen) atoms. The summed E-state index contributed by atoms with van der Waals surface area (Å²) in [5, 5.41) is 11.7. The molecule has 1 atom stereocenters. The van der Waals surface area contributed by atoms with E-state index < -0.39 is 6.10 Å². The van der Waals surface area contributed by atoms with Crippen molar-refractivity contribution in [2.45, 2.75) is 31.3 Å². The van der Waals surface area contributed by atoms with E-state index in [0.29, 0.717) is 13.0 Å². The summed E-state index contributed by atoms with van der Waals surface area (Å²) >= 11 is 1.67. The van der Waals surface area contributed by atoms with Crippen LogP contribution in [0.25, 0.3) is 0 Å². The summed E-state index contributed by atoms with van der Waals surface area (Å²) in [7, 11) is 0. The van der Waals surface area contributed by atoms with E-state index in [9.17, 15) is 4.79 Å². The number of hydrogen-bond acceptors (Lipinski definition) is 3. The molecular weight excluding hydrogens is 234 g/mol. The Labute approximate surface area is 107 Å². The third kappa shape index (κ3) is 6.34. The van der Waals surface area contributed by atoms with Gasteiger partial charge in [-0.3, -0.25) is 4.79 Å². The molecule has 0 heterocycles. The Morgan fingerprint density at radius 2 is 2.06 bits per heavy atom. The average molecular weight is 253 g/mol. The highest BCUT2D eigenvalue weighted by Crippen LogP contribution is 2.18. The summed E-state index contributed by atoms with van der Waals surface area (Å²) in [4.78, 5) is 12.5. The lowest BCUT2D eigenvalue weighted by molar-refractivity contribution is -0.121. The zero-order chi connectivity index (χ0) is 12.7. The van der Waals surface area contributed by atoms with Crippen LogP contribution in [-0.2, 0) is 4.79 Å². The summed E-state index contributed by atoms with van der Waals surface area (Å²) in [5.41, 5.74) is 1.24. The molecule has 1 rings (SSSR count). The maximum Gasteiger partial charge on any atom is 0.220 e. The fourth-order valence-electron chi connectivity index (χ4n) is 1.25. The number of carbonyl (C=O) groups is 1. The number of aliphatic hydroxyl groups is 1. The molecule has 0 aliphatic heterocycles. The summed E-state index contributed by atoms with van der Waals surface area (Å²) in [6.45, 7) is 4.04. The predicted molar refractivity (Wildman–Crippen MR) is 71.2 cm³/mol. The molecule has 0 spiro atoms. The van der Waals surface area contributed by atoms with E-state index in [1.165, 1.54) is 10.5 Å². The number of thioether (sulfide) groups is 1. The number of nitrogens with one attached hydrogen (secondary N) is 1. The molecule has 1 amide bonds. The molecule has 0 aliphatic rings. The minimum atomic E-state index is -0.483. The van der Waals surface area contributed by atoms with E-state index in [1.807, 2.05) is 0 Å². The van der Waals surface area contributed by atoms with Gasteiger partial charge in [0.1, 0.15) is 0 Å². The van der Waals surface area contributed by atoms with E-state index in [1.54, 1.807) is 18.7 Å². The number of benzene rings is 1. The molecule has 1 aromatic carbocycles. The van der Waals surface area contributed by atoms with Crippen molar-refractivity contribution in [2.24, 2.45) is 0 Å². The van der Waals surface area contributed by atoms with Gasteiger partial charge in [0.2, 0.25) is 5.91 Å². The minimum absolute atomic E-state index is 0.00879. The molecule has 0 radical (unpaired) electrons. The van der Waals surface area contributed by atoms with Gasteiger partial charge in [-0.1, -0.05) is 17.7 Å². The standard InChI is InChI=1S/C13H19NO2S/c1-10-3-5-12(6-4-10)17-8-7-13(16)14-9-11(2)15/h3-6,11,15H,7-9H2,1-2H3,(H,14,16). The maximum atomic E-state index is 11.4. The van der Waals surface area contributed by atoms with Crippen molar-refractivity contribution < 1.29 is 9.90 Å². The molecule has 94 valence electrons. The number of carbonyl (C=O) groups excluding carboxylic acids is 1. The second kappa shape index (κ2) is 7.35. The number of aryl methyl sites for hydroxylation is 1. The molecule has 1 unspecified atom stereocenters. The van der Waals surface area contributed by atoms with Crippen LogP contribution in [0.15, 0.2) is 29.2 Å². The highest BCUT2D eigenvalue weighted by atomic mass is 32.2. The minimum Gasteiger partial charge on any atom is -0.392 e. The van der Waals surface area contributed by atoms with Gasteiger partial charge < -0.3 is 10.4 Å². The largest absolute Gasteiger partial charge is 0.392 e. The number of aliphatic hydroxyl groups excluding tert-OH is 1. The van der Waals surface area contributed by atoms with Crippen molar-refractivity contribution in [3.05, 3.63) is 29.8 Å². The first-order chi connectivity index (χ1) is 8.08. The van der Waals surface area contributed by atoms with Crippen LogP contribution in [0.5, 0.6) is 0 Å². The van der Waals surface area contributed by atoms with Crippen LogP contribution in [0, 0.1) is 6.92 Å². The molecule has 0 bridgehead atoms. The highest BCUT2D eigenvalue weighted by molar-refractivity contribution is 7.99. The third-order valence-electron chi connectivity index (χ3n) is 2.21. The summed E-state index contributed by atoms with van der Waals surface area (Å²) in [6.07, 6.45) is -0.00524. The molecule has 3 nitrogen and oxygen atoms in total. The van der Waals surface area contributed by atoms with Crippen LogP contribution >= 0.6 is 11.8 Å². The number of amides is 1. The average Bonchev–Trinajstić information content (AvgIpc) is 2.29. The first-order valence-corrected chi connectivity index (χ1v) is 6.70. The van der Waals surface area contributed by atoms with Gasteiger partial charge in [-0.25, -0.2) is 0 Å². The Balaban J connectivity index is 2.19. The van der Waals surface area contributed by atoms with E-state index in [-0.39, 0.29) is 5.91 Å². The molecule has 0 saturated heterocycles. The van der Waals surface area contributed by atoms with Crippen LogP contribution < -0.4 is 5.32 Å². The monoisotopic (exact) mass is 253 g/mol. The molecule has 0 aliphatic carbocycles. The predicted octanol–water partition coefficient (Wildman–Crippen LogP) is 1.97. The summed E-state index contributed by atoms with van der Waals surface area (Å²) in [5.74, 6) is 0.750. The molecule has 0 fully saturated rings. The fourth-order valence-corrected chi connectivity index (χ4v) is 2.10. The van der Waals surface area contributed by atoms with Crippen molar-refractivity contribution in [1.29, 1.82) is 0 Å². The first kappa shape index (κ1) is 14.1. The number of rotatable bonds is 6. The van der Waals surface area contributed by atoms with Gasteiger partial charge in [-0.15, -0.1) is 11.8 Å². The second-order valence-corrected chi connectivity index (χ2v) is 5.23. The Morgan fingerprint density at radius 1 is 1.41 bits per heavy atom. The van der Waals surface area contributed by atoms with Crippen molar-refractivity contribution in [3.8, 4) is 0 Å². The smallest absolute Gasteiger partial charge is 0.220 e. The van der Waals surface area contributed by atoms with Gasteiger partial charge in [-0.05, 0) is 26.0 Å². The Hall–Kier alpha value is -1.00. The number of hydrogen-bond donors (Lipinski definition) is 2. The molecule has 2 N–H and O–H groups in total. The molecule has 0 aromatic heterocycles. The van der Waals surface area contributed by atoms with Gasteiger partial charge in [0.25, 0.3) is 0 Å². The first-order valence-electron chi connectivity index (χ1n) is 5.72. The third-order valence-corrected chi connectivity index (χ3v) is 3.23. The highest BCUT2D eigenvalue weighted by Gasteiger charge is 2.03. The van der Waals surface area contributed by atoms with E-state index in [0.717, 1.165) is 5.75 Å². The maximum absolute atomic E-state index is 11.4. The van der Waals surface area contributed by atoms with Crippen molar-refractivity contribution in [1.82, 2.24) is 5.32 Å². The van der Waals surface area contributed by atoms with Gasteiger partial charge in [0, 0.05) is 23.6 Å². The van der Waals surface area contributed by atoms with Gasteiger partial charge >= 0.3 is 0 Å². The topological polar surface area (TPSA) is 49.3 Å². The zero-order valence-corrected chi connectivity index (χ0v) is 11.1. The van der Waals surface area contributed by atoms with Gasteiger partial charge in [-0.2, -0.15) is 0 Å². The van der Waals surface area contributed by atoms with Crippen LogP contribution in [0.1, 0.15) is 18.9 Å². The van der Waals surface area contributed by atoms with Crippen LogP contribution in [0.2, 0.25) is 0 Å². The molecule has 4 heteroatoms. The van der Waals surface area contributed by atoms with Crippen molar-refractivity contribution in [2.75, 3.05) is 12.3 Å². The zero-order valence-electron chi connectivity index (χ0n) is 10.3. The molecular formula is C13H19NO2S. The quantitative estimate of drug-likeness (QED) is 0.762. The van der Waals surface area contributed by atoms with Crippen LogP contribution in [-0.4, -0.2) is 29.4 Å². The molecule has 1 aromatic rings. The molecule has 0 saturated carbocycles. The van der Waals surface area contributed by atoms with E-state index >= 15 is 0 Å². The van der Waals surface area contributed by atoms with E-state index in [4.69, 9.17) is 5.11 Å². The lowest BCUT2D eigenvalue weighted by atomic mass is 10.2. The SMILES string of the molecule is Cc1ccc(SCCC(=O)NCC(C)O)cc1. The Kier molecular flexibility index (Phi) is 6.08. The fraction of sp³-hybridized carbons (Fsp3) is 0.462.